The second-order valence-electron chi connectivity index (χ2n) is 5.42. The third-order valence-corrected chi connectivity index (χ3v) is 5.35. The first-order valence-electron chi connectivity index (χ1n) is 6.33. The van der Waals surface area contributed by atoms with E-state index in [2.05, 4.69) is 4.98 Å². The standard InChI is InChI=1S/C13H17NO3S/c1-7-8(2)18-11(14-7)6-13(12(15)16)5-9-3-4-10(13)17-9/h9-10H,3-6H2,1-2H3,(H,15,16). The highest BCUT2D eigenvalue weighted by Gasteiger charge is 2.57. The zero-order valence-electron chi connectivity index (χ0n) is 10.6. The first-order valence-corrected chi connectivity index (χ1v) is 7.15. The zero-order chi connectivity index (χ0) is 12.9. The summed E-state index contributed by atoms with van der Waals surface area (Å²) in [6, 6.07) is 0. The number of carboxylic acids is 1. The lowest BCUT2D eigenvalue weighted by molar-refractivity contribution is -0.152. The molecule has 2 bridgehead atoms. The summed E-state index contributed by atoms with van der Waals surface area (Å²) in [6.45, 7) is 4.00. The molecule has 2 saturated heterocycles. The third-order valence-electron chi connectivity index (χ3n) is 4.28. The molecule has 0 aliphatic carbocycles. The fourth-order valence-corrected chi connectivity index (χ4v) is 4.23. The summed E-state index contributed by atoms with van der Waals surface area (Å²) in [7, 11) is 0. The highest BCUT2D eigenvalue weighted by molar-refractivity contribution is 7.11. The SMILES string of the molecule is Cc1nc(CC2(C(=O)O)CC3CCC2O3)sc1C. The number of hydrogen-bond donors (Lipinski definition) is 1. The van der Waals surface area contributed by atoms with Crippen molar-refractivity contribution in [3.63, 3.8) is 0 Å². The van der Waals surface area contributed by atoms with Gasteiger partial charge in [-0.3, -0.25) is 4.79 Å². The Labute approximate surface area is 110 Å². The number of aryl methyl sites for hydroxylation is 2. The van der Waals surface area contributed by atoms with Gasteiger partial charge in [-0.05, 0) is 33.1 Å². The normalized spacial score (nSPS) is 34.1. The van der Waals surface area contributed by atoms with Gasteiger partial charge in [-0.15, -0.1) is 11.3 Å². The van der Waals surface area contributed by atoms with E-state index in [1.54, 1.807) is 11.3 Å². The summed E-state index contributed by atoms with van der Waals surface area (Å²) in [6.07, 6.45) is 3.07. The van der Waals surface area contributed by atoms with E-state index in [9.17, 15) is 9.90 Å². The minimum absolute atomic E-state index is 0.121. The summed E-state index contributed by atoms with van der Waals surface area (Å²) >= 11 is 1.61. The minimum atomic E-state index is -0.736. The Bertz CT molecular complexity index is 479. The van der Waals surface area contributed by atoms with Crippen LogP contribution >= 0.6 is 11.3 Å². The monoisotopic (exact) mass is 267 g/mol. The summed E-state index contributed by atoms with van der Waals surface area (Å²) in [5.41, 5.74) is 0.277. The molecule has 3 rings (SSSR count). The maximum atomic E-state index is 11.7. The molecule has 0 saturated carbocycles. The van der Waals surface area contributed by atoms with Crippen LogP contribution in [0.4, 0.5) is 0 Å². The van der Waals surface area contributed by atoms with Crippen molar-refractivity contribution in [3.8, 4) is 0 Å². The maximum absolute atomic E-state index is 11.7. The van der Waals surface area contributed by atoms with Gasteiger partial charge in [0.2, 0.25) is 0 Å². The number of nitrogens with zero attached hydrogens (tertiary/aromatic N) is 1. The second-order valence-corrected chi connectivity index (χ2v) is 6.70. The summed E-state index contributed by atoms with van der Waals surface area (Å²) in [4.78, 5) is 17.4. The zero-order valence-corrected chi connectivity index (χ0v) is 11.4. The molecule has 0 spiro atoms. The first kappa shape index (κ1) is 12.1. The van der Waals surface area contributed by atoms with Crippen LogP contribution in [0, 0.1) is 19.3 Å². The van der Waals surface area contributed by atoms with Gasteiger partial charge in [0, 0.05) is 11.3 Å². The fraction of sp³-hybridized carbons (Fsp3) is 0.692. The highest BCUT2D eigenvalue weighted by atomic mass is 32.1. The van der Waals surface area contributed by atoms with E-state index in [0.717, 1.165) is 23.5 Å². The van der Waals surface area contributed by atoms with Crippen LogP contribution in [-0.4, -0.2) is 28.3 Å². The van der Waals surface area contributed by atoms with Crippen LogP contribution in [-0.2, 0) is 16.0 Å². The Morgan fingerprint density at radius 3 is 2.78 bits per heavy atom. The molecule has 0 radical (unpaired) electrons. The minimum Gasteiger partial charge on any atom is -0.481 e. The summed E-state index contributed by atoms with van der Waals surface area (Å²) in [5, 5.41) is 10.6. The van der Waals surface area contributed by atoms with Gasteiger partial charge in [0.25, 0.3) is 0 Å². The molecular weight excluding hydrogens is 250 g/mol. The average molecular weight is 267 g/mol. The largest absolute Gasteiger partial charge is 0.481 e. The lowest BCUT2D eigenvalue weighted by atomic mass is 9.72. The van der Waals surface area contributed by atoms with Crippen LogP contribution in [0.1, 0.15) is 34.8 Å². The molecule has 1 aromatic rings. The fourth-order valence-electron chi connectivity index (χ4n) is 3.17. The van der Waals surface area contributed by atoms with E-state index in [1.165, 1.54) is 4.88 Å². The smallest absolute Gasteiger partial charge is 0.312 e. The highest BCUT2D eigenvalue weighted by Crippen LogP contribution is 2.50. The molecule has 2 aliphatic heterocycles. The van der Waals surface area contributed by atoms with Crippen molar-refractivity contribution in [2.75, 3.05) is 0 Å². The predicted octanol–water partition coefficient (Wildman–Crippen LogP) is 2.32. The van der Waals surface area contributed by atoms with Gasteiger partial charge >= 0.3 is 5.97 Å². The van der Waals surface area contributed by atoms with Crippen LogP contribution in [0.2, 0.25) is 0 Å². The van der Waals surface area contributed by atoms with Crippen molar-refractivity contribution in [1.29, 1.82) is 0 Å². The number of carboxylic acid groups (broad SMARTS) is 1. The topological polar surface area (TPSA) is 59.4 Å². The Hall–Kier alpha value is -0.940. The van der Waals surface area contributed by atoms with Crippen molar-refractivity contribution in [1.82, 2.24) is 4.98 Å². The molecule has 2 fully saturated rings. The molecule has 0 aromatic carbocycles. The van der Waals surface area contributed by atoms with Gasteiger partial charge in [-0.25, -0.2) is 4.98 Å². The van der Waals surface area contributed by atoms with Crippen LogP contribution in [0.15, 0.2) is 0 Å². The first-order chi connectivity index (χ1) is 8.51. The van der Waals surface area contributed by atoms with Crippen LogP contribution < -0.4 is 0 Å². The maximum Gasteiger partial charge on any atom is 0.312 e. The average Bonchev–Trinajstić information content (AvgIpc) is 2.95. The Morgan fingerprint density at radius 1 is 1.56 bits per heavy atom. The number of hydrogen-bond acceptors (Lipinski definition) is 4. The van der Waals surface area contributed by atoms with Crippen molar-refractivity contribution >= 4 is 17.3 Å². The molecule has 1 aromatic heterocycles. The Balaban J connectivity index is 1.90. The molecule has 98 valence electrons. The Kier molecular flexibility index (Phi) is 2.71. The van der Waals surface area contributed by atoms with E-state index < -0.39 is 11.4 Å². The van der Waals surface area contributed by atoms with Gasteiger partial charge in [0.05, 0.1) is 22.9 Å². The van der Waals surface area contributed by atoms with Crippen LogP contribution in [0.5, 0.6) is 0 Å². The number of aromatic nitrogens is 1. The summed E-state index contributed by atoms with van der Waals surface area (Å²) < 4.78 is 5.75. The quantitative estimate of drug-likeness (QED) is 0.913. The van der Waals surface area contributed by atoms with E-state index in [4.69, 9.17) is 4.74 Å². The van der Waals surface area contributed by atoms with Gasteiger partial charge < -0.3 is 9.84 Å². The molecule has 2 aliphatic rings. The molecule has 3 atom stereocenters. The van der Waals surface area contributed by atoms with E-state index in [0.29, 0.717) is 12.8 Å². The number of fused-ring (bicyclic) bond motifs is 2. The second kappa shape index (κ2) is 4.03. The van der Waals surface area contributed by atoms with E-state index in [1.807, 2.05) is 13.8 Å². The molecule has 5 heteroatoms. The van der Waals surface area contributed by atoms with Crippen molar-refractivity contribution < 1.29 is 14.6 Å². The van der Waals surface area contributed by atoms with Crippen molar-refractivity contribution in [2.24, 2.45) is 5.41 Å². The third kappa shape index (κ3) is 1.68. The van der Waals surface area contributed by atoms with Crippen LogP contribution in [0.3, 0.4) is 0 Å². The van der Waals surface area contributed by atoms with Gasteiger partial charge in [0.1, 0.15) is 5.41 Å². The molecule has 0 amide bonds. The molecular formula is C13H17NO3S. The lowest BCUT2D eigenvalue weighted by Gasteiger charge is -2.29. The van der Waals surface area contributed by atoms with Crippen LogP contribution in [0.25, 0.3) is 0 Å². The number of ether oxygens (including phenoxy) is 1. The molecule has 4 nitrogen and oxygen atoms in total. The molecule has 3 heterocycles. The van der Waals surface area contributed by atoms with Gasteiger partial charge in [-0.2, -0.15) is 0 Å². The molecule has 3 unspecified atom stereocenters. The van der Waals surface area contributed by atoms with Gasteiger partial charge in [0.15, 0.2) is 0 Å². The van der Waals surface area contributed by atoms with Crippen molar-refractivity contribution in [2.45, 2.75) is 51.7 Å². The predicted molar refractivity (Wildman–Crippen MR) is 67.9 cm³/mol. The molecule has 1 N–H and O–H groups in total. The summed E-state index contributed by atoms with van der Waals surface area (Å²) in [5.74, 6) is -0.722. The number of aliphatic carboxylic acids is 1. The van der Waals surface area contributed by atoms with Gasteiger partial charge in [-0.1, -0.05) is 0 Å². The van der Waals surface area contributed by atoms with E-state index in [-0.39, 0.29) is 12.2 Å². The number of thiazole rings is 1. The van der Waals surface area contributed by atoms with Crippen molar-refractivity contribution in [3.05, 3.63) is 15.6 Å². The number of carbonyl (C=O) groups is 1. The lowest BCUT2D eigenvalue weighted by Crippen LogP contribution is -2.42. The number of rotatable bonds is 3. The Morgan fingerprint density at radius 2 is 2.33 bits per heavy atom. The van der Waals surface area contributed by atoms with E-state index >= 15 is 0 Å². The molecule has 18 heavy (non-hydrogen) atoms.